The normalized spacial score (nSPS) is 13.5. The topological polar surface area (TPSA) is 134 Å². The van der Waals surface area contributed by atoms with Crippen LogP contribution in [0.15, 0.2) is 24.5 Å². The highest BCUT2D eigenvalue weighted by Crippen LogP contribution is 2.28. The van der Waals surface area contributed by atoms with Gasteiger partial charge in [0.15, 0.2) is 17.0 Å². The van der Waals surface area contributed by atoms with E-state index in [1.807, 2.05) is 6.92 Å². The minimum Gasteiger partial charge on any atom is -0.508 e. The van der Waals surface area contributed by atoms with Crippen molar-refractivity contribution in [1.82, 2.24) is 19.5 Å². The summed E-state index contributed by atoms with van der Waals surface area (Å²) in [5.41, 5.74) is 8.49. The average Bonchev–Trinajstić information content (AvgIpc) is 3.17. The number of aromatic nitrogens is 4. The van der Waals surface area contributed by atoms with Gasteiger partial charge < -0.3 is 31.1 Å². The first-order chi connectivity index (χ1) is 14.9. The lowest BCUT2D eigenvalue weighted by atomic mass is 10.1. The van der Waals surface area contributed by atoms with Crippen molar-refractivity contribution in [1.29, 1.82) is 0 Å². The molecule has 2 heterocycles. The Labute approximate surface area is 182 Å². The van der Waals surface area contributed by atoms with Crippen LogP contribution in [0.5, 0.6) is 5.75 Å². The zero-order valence-corrected chi connectivity index (χ0v) is 18.6. The number of phenols is 1. The molecule has 0 radical (unpaired) electrons. The highest BCUT2D eigenvalue weighted by atomic mass is 16.3. The Kier molecular flexibility index (Phi) is 7.17. The number of aromatic hydroxyl groups is 1. The predicted octanol–water partition coefficient (Wildman–Crippen LogP) is 3.66. The van der Waals surface area contributed by atoms with Crippen LogP contribution in [0.3, 0.4) is 0 Å². The number of aliphatic hydroxyl groups is 1. The van der Waals surface area contributed by atoms with Gasteiger partial charge in [-0.1, -0.05) is 20.8 Å². The molecule has 9 heteroatoms. The van der Waals surface area contributed by atoms with Crippen molar-refractivity contribution >= 4 is 28.6 Å². The Balaban J connectivity index is 2.02. The number of nitrogens with zero attached hydrogens (tertiary/aromatic N) is 4. The SMILES string of the molecule is CCC(Nc1nc(NCc2cc(N)ccc2O)c2ncn(C(CC)CC)c2n1)C(C)O. The number of aliphatic hydroxyl groups excluding tert-OH is 1. The van der Waals surface area contributed by atoms with Crippen LogP contribution < -0.4 is 16.4 Å². The number of anilines is 3. The Morgan fingerprint density at radius 2 is 1.87 bits per heavy atom. The molecule has 6 N–H and O–H groups in total. The van der Waals surface area contributed by atoms with Crippen LogP contribution in [0.4, 0.5) is 17.5 Å². The first kappa shape index (κ1) is 22.6. The van der Waals surface area contributed by atoms with Gasteiger partial charge in [-0.15, -0.1) is 0 Å². The number of hydrogen-bond donors (Lipinski definition) is 5. The third-order valence-electron chi connectivity index (χ3n) is 5.64. The molecule has 0 aliphatic carbocycles. The maximum absolute atomic E-state index is 10.1. The fourth-order valence-electron chi connectivity index (χ4n) is 3.71. The first-order valence-corrected chi connectivity index (χ1v) is 10.9. The van der Waals surface area contributed by atoms with Gasteiger partial charge in [0, 0.05) is 23.8 Å². The first-order valence-electron chi connectivity index (χ1n) is 10.9. The minimum atomic E-state index is -0.547. The number of benzene rings is 1. The van der Waals surface area contributed by atoms with Crippen LogP contribution in [0.2, 0.25) is 0 Å². The second kappa shape index (κ2) is 9.82. The zero-order chi connectivity index (χ0) is 22.5. The molecule has 0 amide bonds. The molecule has 31 heavy (non-hydrogen) atoms. The van der Waals surface area contributed by atoms with E-state index in [0.29, 0.717) is 35.1 Å². The molecular weight excluding hydrogens is 394 g/mol. The number of hydrogen-bond acceptors (Lipinski definition) is 8. The molecule has 0 bridgehead atoms. The van der Waals surface area contributed by atoms with Crippen molar-refractivity contribution in [3.63, 3.8) is 0 Å². The average molecular weight is 428 g/mol. The lowest BCUT2D eigenvalue weighted by Crippen LogP contribution is -2.31. The zero-order valence-electron chi connectivity index (χ0n) is 18.6. The molecule has 2 atom stereocenters. The van der Waals surface area contributed by atoms with Gasteiger partial charge in [-0.2, -0.15) is 9.97 Å². The smallest absolute Gasteiger partial charge is 0.227 e. The van der Waals surface area contributed by atoms with Crippen molar-refractivity contribution in [2.45, 2.75) is 71.7 Å². The summed E-state index contributed by atoms with van der Waals surface area (Å²) in [6.45, 7) is 8.36. The van der Waals surface area contributed by atoms with Crippen molar-refractivity contribution in [3.05, 3.63) is 30.1 Å². The van der Waals surface area contributed by atoms with Crippen molar-refractivity contribution in [2.24, 2.45) is 0 Å². The fraction of sp³-hybridized carbons (Fsp3) is 0.500. The molecule has 0 saturated heterocycles. The number of rotatable bonds is 10. The fourth-order valence-corrected chi connectivity index (χ4v) is 3.71. The Morgan fingerprint density at radius 1 is 1.13 bits per heavy atom. The summed E-state index contributed by atoms with van der Waals surface area (Å²) in [5, 5.41) is 26.7. The molecule has 3 rings (SSSR count). The van der Waals surface area contributed by atoms with Crippen LogP contribution >= 0.6 is 0 Å². The summed E-state index contributed by atoms with van der Waals surface area (Å²) in [7, 11) is 0. The molecule has 168 valence electrons. The monoisotopic (exact) mass is 427 g/mol. The predicted molar refractivity (Wildman–Crippen MR) is 124 cm³/mol. The number of nitrogens with one attached hydrogen (secondary N) is 2. The van der Waals surface area contributed by atoms with Crippen molar-refractivity contribution in [3.8, 4) is 5.75 Å². The molecule has 0 aliphatic heterocycles. The summed E-state index contributed by atoms with van der Waals surface area (Å²) < 4.78 is 2.08. The van der Waals surface area contributed by atoms with E-state index >= 15 is 0 Å². The van der Waals surface area contributed by atoms with Gasteiger partial charge in [0.25, 0.3) is 0 Å². The van der Waals surface area contributed by atoms with Crippen LogP contribution in [-0.2, 0) is 6.54 Å². The molecule has 2 unspecified atom stereocenters. The van der Waals surface area contributed by atoms with Crippen LogP contribution in [0, 0.1) is 0 Å². The number of fused-ring (bicyclic) bond motifs is 1. The second-order valence-electron chi connectivity index (χ2n) is 7.83. The van der Waals surface area contributed by atoms with Gasteiger partial charge in [-0.05, 0) is 44.4 Å². The van der Waals surface area contributed by atoms with Crippen LogP contribution in [-0.4, -0.2) is 41.9 Å². The maximum atomic E-state index is 10.1. The van der Waals surface area contributed by atoms with E-state index in [1.54, 1.807) is 31.5 Å². The second-order valence-corrected chi connectivity index (χ2v) is 7.83. The Bertz CT molecular complexity index is 1010. The van der Waals surface area contributed by atoms with E-state index in [-0.39, 0.29) is 17.8 Å². The van der Waals surface area contributed by atoms with Gasteiger partial charge >= 0.3 is 0 Å². The van der Waals surface area contributed by atoms with E-state index in [9.17, 15) is 10.2 Å². The van der Waals surface area contributed by atoms with Gasteiger partial charge in [0.05, 0.1) is 18.5 Å². The van der Waals surface area contributed by atoms with E-state index in [1.165, 1.54) is 0 Å². The highest BCUT2D eigenvalue weighted by Gasteiger charge is 2.20. The van der Waals surface area contributed by atoms with E-state index in [2.05, 4.69) is 39.0 Å². The molecule has 0 aliphatic rings. The van der Waals surface area contributed by atoms with Crippen molar-refractivity contribution in [2.75, 3.05) is 16.4 Å². The summed E-state index contributed by atoms with van der Waals surface area (Å²) in [6, 6.07) is 5.06. The third-order valence-corrected chi connectivity index (χ3v) is 5.64. The van der Waals surface area contributed by atoms with Gasteiger partial charge in [-0.25, -0.2) is 4.98 Å². The molecule has 3 aromatic rings. The summed E-state index contributed by atoms with van der Waals surface area (Å²) in [5.74, 6) is 1.14. The standard InChI is InChI=1S/C22H33N7O2/c1-5-16(6-2)29-12-25-19-20(24-11-14-10-15(23)8-9-18(14)31)27-22(28-21(19)29)26-17(7-3)13(4)30/h8-10,12-13,16-17,30-31H,5-7,11,23H2,1-4H3,(H2,24,26,27,28). The van der Waals surface area contributed by atoms with Crippen LogP contribution in [0.25, 0.3) is 11.2 Å². The van der Waals surface area contributed by atoms with E-state index in [0.717, 1.165) is 24.9 Å². The lowest BCUT2D eigenvalue weighted by molar-refractivity contribution is 0.169. The third kappa shape index (κ3) is 4.99. The van der Waals surface area contributed by atoms with Crippen LogP contribution in [0.1, 0.15) is 58.6 Å². The van der Waals surface area contributed by atoms with Gasteiger partial charge in [-0.3, -0.25) is 0 Å². The number of imidazole rings is 1. The van der Waals surface area contributed by atoms with E-state index in [4.69, 9.17) is 10.7 Å². The van der Waals surface area contributed by atoms with Crippen molar-refractivity contribution < 1.29 is 10.2 Å². The van der Waals surface area contributed by atoms with Gasteiger partial charge in [0.2, 0.25) is 5.95 Å². The number of nitrogen functional groups attached to an aromatic ring is 1. The Hall–Kier alpha value is -3.07. The summed E-state index contributed by atoms with van der Waals surface area (Å²) in [6.07, 6.45) is 3.90. The molecule has 1 aromatic carbocycles. The Morgan fingerprint density at radius 3 is 2.52 bits per heavy atom. The number of nitrogens with two attached hydrogens (primary N) is 1. The molecule has 0 fully saturated rings. The minimum absolute atomic E-state index is 0.160. The van der Waals surface area contributed by atoms with E-state index < -0.39 is 6.10 Å². The summed E-state index contributed by atoms with van der Waals surface area (Å²) >= 11 is 0. The summed E-state index contributed by atoms with van der Waals surface area (Å²) in [4.78, 5) is 13.9. The van der Waals surface area contributed by atoms with Gasteiger partial charge in [0.1, 0.15) is 5.75 Å². The maximum Gasteiger partial charge on any atom is 0.227 e. The molecule has 2 aromatic heterocycles. The largest absolute Gasteiger partial charge is 0.508 e. The highest BCUT2D eigenvalue weighted by molar-refractivity contribution is 5.84. The number of phenolic OH excluding ortho intramolecular Hbond substituents is 1. The molecular formula is C22H33N7O2. The molecule has 9 nitrogen and oxygen atoms in total. The molecule has 0 saturated carbocycles. The lowest BCUT2D eigenvalue weighted by Gasteiger charge is -2.21. The molecule has 0 spiro atoms. The quantitative estimate of drug-likeness (QED) is 0.244.